The number of aliphatic hydroxyl groups is 1. The van der Waals surface area contributed by atoms with Gasteiger partial charge in [-0.3, -0.25) is 9.58 Å². The Balaban J connectivity index is 1.54. The Bertz CT molecular complexity index is 574. The summed E-state index contributed by atoms with van der Waals surface area (Å²) in [7, 11) is 0. The maximum absolute atomic E-state index is 12.9. The molecule has 0 unspecified atom stereocenters. The largest absolute Gasteiger partial charge is 0.387 e. The Morgan fingerprint density at radius 2 is 2.18 bits per heavy atom. The van der Waals surface area contributed by atoms with Crippen LogP contribution >= 0.6 is 0 Å². The fourth-order valence-corrected chi connectivity index (χ4v) is 2.71. The lowest BCUT2D eigenvalue weighted by molar-refractivity contribution is -0.0486. The smallest absolute Gasteiger partial charge is 0.123 e. The van der Waals surface area contributed by atoms with Crippen molar-refractivity contribution in [2.75, 3.05) is 26.2 Å². The van der Waals surface area contributed by atoms with Crippen LogP contribution in [0, 0.1) is 5.82 Å². The van der Waals surface area contributed by atoms with Gasteiger partial charge in [0.1, 0.15) is 5.82 Å². The second kappa shape index (κ2) is 7.00. The Morgan fingerprint density at radius 1 is 1.36 bits per heavy atom. The number of aliphatic hydroxyl groups excluding tert-OH is 1. The first-order chi connectivity index (χ1) is 10.7. The lowest BCUT2D eigenvalue weighted by Gasteiger charge is -2.34. The van der Waals surface area contributed by atoms with Gasteiger partial charge in [0.15, 0.2) is 0 Å². The van der Waals surface area contributed by atoms with Gasteiger partial charge >= 0.3 is 0 Å². The average molecular weight is 305 g/mol. The zero-order chi connectivity index (χ0) is 15.4. The molecule has 1 saturated heterocycles. The number of hydrogen-bond acceptors (Lipinski definition) is 4. The molecule has 1 N–H and O–H groups in total. The maximum atomic E-state index is 12.9. The molecule has 2 aromatic rings. The van der Waals surface area contributed by atoms with Crippen LogP contribution in [0.5, 0.6) is 0 Å². The van der Waals surface area contributed by atoms with E-state index in [0.717, 1.165) is 18.7 Å². The maximum Gasteiger partial charge on any atom is 0.123 e. The monoisotopic (exact) mass is 305 g/mol. The molecule has 0 spiro atoms. The summed E-state index contributed by atoms with van der Waals surface area (Å²) in [5.41, 5.74) is 0.733. The van der Waals surface area contributed by atoms with Gasteiger partial charge in [-0.25, -0.2) is 4.39 Å². The molecule has 2 atom stereocenters. The summed E-state index contributed by atoms with van der Waals surface area (Å²) in [6.45, 7) is 3.40. The fourth-order valence-electron chi connectivity index (χ4n) is 2.71. The van der Waals surface area contributed by atoms with Crippen molar-refractivity contribution in [2.45, 2.75) is 18.8 Å². The summed E-state index contributed by atoms with van der Waals surface area (Å²) in [6.07, 6.45) is 3.10. The van der Waals surface area contributed by atoms with Crippen LogP contribution in [0.3, 0.4) is 0 Å². The lowest BCUT2D eigenvalue weighted by Crippen LogP contribution is -2.45. The number of β-amino-alcohol motifs (C(OH)–C–C–N with tert-alkyl or cyclic N) is 1. The molecule has 0 amide bonds. The molecule has 0 saturated carbocycles. The number of rotatable bonds is 5. The quantitative estimate of drug-likeness (QED) is 0.908. The summed E-state index contributed by atoms with van der Waals surface area (Å²) in [4.78, 5) is 2.17. The van der Waals surface area contributed by atoms with Crippen molar-refractivity contribution in [2.24, 2.45) is 0 Å². The normalized spacial score (nSPS) is 20.9. The second-order valence-corrected chi connectivity index (χ2v) is 5.55. The third-order valence-electron chi connectivity index (χ3n) is 3.86. The van der Waals surface area contributed by atoms with Crippen molar-refractivity contribution < 1.29 is 14.2 Å². The predicted molar refractivity (Wildman–Crippen MR) is 79.8 cm³/mol. The molecule has 0 radical (unpaired) electrons. The fraction of sp³-hybridized carbons (Fsp3) is 0.438. The van der Waals surface area contributed by atoms with E-state index in [1.54, 1.807) is 18.3 Å². The molecule has 0 aliphatic carbocycles. The first-order valence-corrected chi connectivity index (χ1v) is 7.45. The SMILES string of the molecule is O[C@@H](CN1CCO[C@@H](Cn2cccn2)C1)c1ccc(F)cc1. The van der Waals surface area contributed by atoms with E-state index in [2.05, 4.69) is 10.00 Å². The van der Waals surface area contributed by atoms with Crippen LogP contribution in [0.4, 0.5) is 4.39 Å². The van der Waals surface area contributed by atoms with E-state index in [1.807, 2.05) is 16.9 Å². The Morgan fingerprint density at radius 3 is 2.91 bits per heavy atom. The Labute approximate surface area is 128 Å². The number of aromatic nitrogens is 2. The van der Waals surface area contributed by atoms with E-state index < -0.39 is 6.10 Å². The molecule has 0 bridgehead atoms. The number of morpholine rings is 1. The third kappa shape index (κ3) is 3.91. The van der Waals surface area contributed by atoms with Crippen LogP contribution in [-0.4, -0.2) is 52.1 Å². The van der Waals surface area contributed by atoms with Gasteiger partial charge in [0.2, 0.25) is 0 Å². The number of nitrogens with zero attached hydrogens (tertiary/aromatic N) is 3. The van der Waals surface area contributed by atoms with Gasteiger partial charge in [-0.15, -0.1) is 0 Å². The summed E-state index contributed by atoms with van der Waals surface area (Å²) < 4.78 is 20.5. The van der Waals surface area contributed by atoms with E-state index in [4.69, 9.17) is 4.74 Å². The molecule has 1 aromatic carbocycles. The van der Waals surface area contributed by atoms with E-state index in [-0.39, 0.29) is 11.9 Å². The lowest BCUT2D eigenvalue weighted by atomic mass is 10.1. The molecule has 1 aromatic heterocycles. The van der Waals surface area contributed by atoms with Crippen LogP contribution < -0.4 is 0 Å². The summed E-state index contributed by atoms with van der Waals surface area (Å²) >= 11 is 0. The van der Waals surface area contributed by atoms with Crippen molar-refractivity contribution in [3.05, 3.63) is 54.1 Å². The van der Waals surface area contributed by atoms with Gasteiger partial charge in [0.25, 0.3) is 0 Å². The highest BCUT2D eigenvalue weighted by Crippen LogP contribution is 2.17. The second-order valence-electron chi connectivity index (χ2n) is 5.55. The molecule has 1 aliphatic heterocycles. The van der Waals surface area contributed by atoms with E-state index in [9.17, 15) is 9.50 Å². The van der Waals surface area contributed by atoms with Gasteiger partial charge in [-0.1, -0.05) is 12.1 Å². The van der Waals surface area contributed by atoms with E-state index in [1.165, 1.54) is 12.1 Å². The highest BCUT2D eigenvalue weighted by Gasteiger charge is 2.23. The molecular formula is C16H20FN3O2. The highest BCUT2D eigenvalue weighted by molar-refractivity contribution is 5.18. The first-order valence-electron chi connectivity index (χ1n) is 7.45. The standard InChI is InChI=1S/C16H20FN3O2/c17-14-4-2-13(3-5-14)16(21)12-19-8-9-22-15(10-19)11-20-7-1-6-18-20/h1-7,15-16,21H,8-12H2/t15-,16+/m1/s1. The van der Waals surface area contributed by atoms with Gasteiger partial charge < -0.3 is 9.84 Å². The summed E-state index contributed by atoms with van der Waals surface area (Å²) in [5.74, 6) is -0.290. The van der Waals surface area contributed by atoms with Crippen molar-refractivity contribution in [3.63, 3.8) is 0 Å². The highest BCUT2D eigenvalue weighted by atomic mass is 19.1. The third-order valence-corrected chi connectivity index (χ3v) is 3.86. The number of halogens is 1. The van der Waals surface area contributed by atoms with Crippen LogP contribution in [0.25, 0.3) is 0 Å². The number of hydrogen-bond donors (Lipinski definition) is 1. The molecule has 118 valence electrons. The molecular weight excluding hydrogens is 285 g/mol. The van der Waals surface area contributed by atoms with Crippen molar-refractivity contribution >= 4 is 0 Å². The van der Waals surface area contributed by atoms with Crippen LogP contribution in [0.1, 0.15) is 11.7 Å². The minimum absolute atomic E-state index is 0.0640. The molecule has 2 heterocycles. The first kappa shape index (κ1) is 15.1. The zero-order valence-electron chi connectivity index (χ0n) is 12.3. The van der Waals surface area contributed by atoms with Crippen molar-refractivity contribution in [1.82, 2.24) is 14.7 Å². The average Bonchev–Trinajstić information content (AvgIpc) is 3.01. The molecule has 5 nitrogen and oxygen atoms in total. The number of benzene rings is 1. The molecule has 6 heteroatoms. The molecule has 22 heavy (non-hydrogen) atoms. The van der Waals surface area contributed by atoms with Crippen LogP contribution in [-0.2, 0) is 11.3 Å². The Kier molecular flexibility index (Phi) is 4.82. The van der Waals surface area contributed by atoms with Gasteiger partial charge in [0, 0.05) is 32.0 Å². The minimum Gasteiger partial charge on any atom is -0.387 e. The molecule has 1 aliphatic rings. The predicted octanol–water partition coefficient (Wildman–Crippen LogP) is 1.46. The molecule has 3 rings (SSSR count). The molecule has 1 fully saturated rings. The van der Waals surface area contributed by atoms with Gasteiger partial charge in [0.05, 0.1) is 25.4 Å². The van der Waals surface area contributed by atoms with E-state index in [0.29, 0.717) is 19.7 Å². The van der Waals surface area contributed by atoms with Crippen LogP contribution in [0.2, 0.25) is 0 Å². The number of ether oxygens (including phenoxy) is 1. The van der Waals surface area contributed by atoms with Gasteiger partial charge in [-0.2, -0.15) is 5.10 Å². The topological polar surface area (TPSA) is 50.5 Å². The summed E-state index contributed by atoms with van der Waals surface area (Å²) in [5, 5.41) is 14.5. The van der Waals surface area contributed by atoms with Crippen molar-refractivity contribution in [1.29, 1.82) is 0 Å². The summed E-state index contributed by atoms with van der Waals surface area (Å²) in [6, 6.07) is 7.89. The van der Waals surface area contributed by atoms with E-state index >= 15 is 0 Å². The van der Waals surface area contributed by atoms with Crippen LogP contribution in [0.15, 0.2) is 42.7 Å². The van der Waals surface area contributed by atoms with Gasteiger partial charge in [-0.05, 0) is 23.8 Å². The zero-order valence-corrected chi connectivity index (χ0v) is 12.3. The van der Waals surface area contributed by atoms with Crippen molar-refractivity contribution in [3.8, 4) is 0 Å². The minimum atomic E-state index is -0.621. The Hall–Kier alpha value is -1.76.